The lowest BCUT2D eigenvalue weighted by Gasteiger charge is -2.17. The molecule has 0 fully saturated rings. The second-order valence-electron chi connectivity index (χ2n) is 3.94. The van der Waals surface area contributed by atoms with Crippen LogP contribution in [-0.2, 0) is 0 Å². The standard InChI is InChI=1S/C13H10F4N2/c14-8-2-4-10(15)9(6-8)13(19-18)7-1-3-11(16)12(17)5-7/h1-6,13,19H,18H2. The lowest BCUT2D eigenvalue weighted by Crippen LogP contribution is -2.29. The minimum Gasteiger partial charge on any atom is -0.271 e. The molecule has 0 bridgehead atoms. The van der Waals surface area contributed by atoms with Gasteiger partial charge in [-0.3, -0.25) is 5.84 Å². The molecule has 0 saturated heterocycles. The Kier molecular flexibility index (Phi) is 3.82. The highest BCUT2D eigenvalue weighted by molar-refractivity contribution is 5.33. The van der Waals surface area contributed by atoms with Crippen molar-refractivity contribution < 1.29 is 17.6 Å². The van der Waals surface area contributed by atoms with Crippen LogP contribution in [0.1, 0.15) is 17.2 Å². The van der Waals surface area contributed by atoms with Crippen LogP contribution in [0.5, 0.6) is 0 Å². The fourth-order valence-electron chi connectivity index (χ4n) is 1.79. The molecule has 0 aromatic heterocycles. The first kappa shape index (κ1) is 13.5. The Bertz CT molecular complexity index is 601. The summed E-state index contributed by atoms with van der Waals surface area (Å²) < 4.78 is 52.8. The predicted molar refractivity (Wildman–Crippen MR) is 61.9 cm³/mol. The number of hydrazine groups is 1. The zero-order valence-corrected chi connectivity index (χ0v) is 9.63. The van der Waals surface area contributed by atoms with E-state index in [0.717, 1.165) is 30.3 Å². The van der Waals surface area contributed by atoms with E-state index in [2.05, 4.69) is 5.43 Å². The topological polar surface area (TPSA) is 38.0 Å². The summed E-state index contributed by atoms with van der Waals surface area (Å²) in [7, 11) is 0. The second kappa shape index (κ2) is 5.38. The molecule has 0 aliphatic heterocycles. The molecule has 0 aliphatic carbocycles. The molecule has 2 aromatic rings. The Hall–Kier alpha value is -1.92. The van der Waals surface area contributed by atoms with Gasteiger partial charge in [0.1, 0.15) is 11.6 Å². The maximum atomic E-state index is 13.6. The number of benzene rings is 2. The van der Waals surface area contributed by atoms with Crippen molar-refractivity contribution in [1.29, 1.82) is 0 Å². The van der Waals surface area contributed by atoms with Gasteiger partial charge in [-0.1, -0.05) is 6.07 Å². The average Bonchev–Trinajstić information content (AvgIpc) is 2.38. The van der Waals surface area contributed by atoms with Crippen LogP contribution in [0.2, 0.25) is 0 Å². The van der Waals surface area contributed by atoms with E-state index in [1.54, 1.807) is 0 Å². The Balaban J connectivity index is 2.49. The molecule has 0 heterocycles. The minimum absolute atomic E-state index is 0.0893. The van der Waals surface area contributed by atoms with Crippen LogP contribution in [0.4, 0.5) is 17.6 Å². The van der Waals surface area contributed by atoms with Crippen molar-refractivity contribution in [3.63, 3.8) is 0 Å². The zero-order valence-electron chi connectivity index (χ0n) is 9.63. The van der Waals surface area contributed by atoms with Gasteiger partial charge in [-0.05, 0) is 35.9 Å². The molecule has 0 radical (unpaired) electrons. The van der Waals surface area contributed by atoms with E-state index < -0.39 is 29.3 Å². The fraction of sp³-hybridized carbons (Fsp3) is 0.0769. The summed E-state index contributed by atoms with van der Waals surface area (Å²) in [5, 5.41) is 0. The highest BCUT2D eigenvalue weighted by Gasteiger charge is 2.18. The molecule has 19 heavy (non-hydrogen) atoms. The van der Waals surface area contributed by atoms with Gasteiger partial charge in [-0.15, -0.1) is 0 Å². The van der Waals surface area contributed by atoms with E-state index in [1.807, 2.05) is 0 Å². The first-order chi connectivity index (χ1) is 9.02. The third kappa shape index (κ3) is 2.74. The molecule has 100 valence electrons. The summed E-state index contributed by atoms with van der Waals surface area (Å²) in [4.78, 5) is 0. The van der Waals surface area contributed by atoms with Crippen LogP contribution in [0.25, 0.3) is 0 Å². The van der Waals surface area contributed by atoms with E-state index in [-0.39, 0.29) is 11.1 Å². The maximum absolute atomic E-state index is 13.6. The Morgan fingerprint density at radius 2 is 1.53 bits per heavy atom. The second-order valence-corrected chi connectivity index (χ2v) is 3.94. The Morgan fingerprint density at radius 3 is 2.16 bits per heavy atom. The molecule has 0 aliphatic rings. The average molecular weight is 270 g/mol. The summed E-state index contributed by atoms with van der Waals surface area (Å²) in [5.74, 6) is 1.82. The lowest BCUT2D eigenvalue weighted by atomic mass is 9.98. The van der Waals surface area contributed by atoms with Crippen LogP contribution >= 0.6 is 0 Å². The molecule has 0 spiro atoms. The maximum Gasteiger partial charge on any atom is 0.159 e. The van der Waals surface area contributed by atoms with Crippen molar-refractivity contribution in [3.05, 3.63) is 70.8 Å². The zero-order chi connectivity index (χ0) is 14.0. The normalized spacial score (nSPS) is 12.5. The van der Waals surface area contributed by atoms with Crippen molar-refractivity contribution in [2.45, 2.75) is 6.04 Å². The summed E-state index contributed by atoms with van der Waals surface area (Å²) in [6, 6.07) is 4.88. The van der Waals surface area contributed by atoms with E-state index in [9.17, 15) is 17.6 Å². The van der Waals surface area contributed by atoms with Crippen LogP contribution in [0, 0.1) is 23.3 Å². The van der Waals surface area contributed by atoms with Crippen molar-refractivity contribution in [1.82, 2.24) is 5.43 Å². The van der Waals surface area contributed by atoms with Crippen molar-refractivity contribution in [3.8, 4) is 0 Å². The first-order valence-electron chi connectivity index (χ1n) is 5.39. The molecule has 3 N–H and O–H groups in total. The van der Waals surface area contributed by atoms with Crippen LogP contribution in [-0.4, -0.2) is 0 Å². The highest BCUT2D eigenvalue weighted by Crippen LogP contribution is 2.25. The molecule has 6 heteroatoms. The predicted octanol–water partition coefficient (Wildman–Crippen LogP) is 2.80. The van der Waals surface area contributed by atoms with E-state index in [1.165, 1.54) is 6.07 Å². The van der Waals surface area contributed by atoms with Gasteiger partial charge in [0.25, 0.3) is 0 Å². The molecular weight excluding hydrogens is 260 g/mol. The third-order valence-electron chi connectivity index (χ3n) is 2.71. The monoisotopic (exact) mass is 270 g/mol. The van der Waals surface area contributed by atoms with Crippen molar-refractivity contribution in [2.24, 2.45) is 5.84 Å². The number of hydrogen-bond acceptors (Lipinski definition) is 2. The Labute approximate surface area is 106 Å². The summed E-state index contributed by atoms with van der Waals surface area (Å²) in [5.41, 5.74) is 2.35. The molecule has 1 unspecified atom stereocenters. The fourth-order valence-corrected chi connectivity index (χ4v) is 1.79. The number of rotatable bonds is 3. The molecule has 2 aromatic carbocycles. The number of halogens is 4. The van der Waals surface area contributed by atoms with Crippen LogP contribution in [0.3, 0.4) is 0 Å². The van der Waals surface area contributed by atoms with E-state index >= 15 is 0 Å². The molecule has 2 rings (SSSR count). The van der Waals surface area contributed by atoms with Gasteiger partial charge < -0.3 is 0 Å². The number of hydrogen-bond donors (Lipinski definition) is 2. The van der Waals surface area contributed by atoms with Gasteiger partial charge in [0.15, 0.2) is 11.6 Å². The van der Waals surface area contributed by atoms with Crippen LogP contribution < -0.4 is 11.3 Å². The van der Waals surface area contributed by atoms with Gasteiger partial charge in [0, 0.05) is 5.56 Å². The summed E-state index contributed by atoms with van der Waals surface area (Å²) in [6.07, 6.45) is 0. The smallest absolute Gasteiger partial charge is 0.159 e. The van der Waals surface area contributed by atoms with E-state index in [0.29, 0.717) is 0 Å². The SMILES string of the molecule is NNC(c1ccc(F)c(F)c1)c1cc(F)ccc1F. The molecule has 0 amide bonds. The minimum atomic E-state index is -1.09. The van der Waals surface area contributed by atoms with Crippen LogP contribution in [0.15, 0.2) is 36.4 Å². The first-order valence-corrected chi connectivity index (χ1v) is 5.39. The quantitative estimate of drug-likeness (QED) is 0.511. The summed E-state index contributed by atoms with van der Waals surface area (Å²) in [6.45, 7) is 0. The molecule has 2 nitrogen and oxygen atoms in total. The van der Waals surface area contributed by atoms with Gasteiger partial charge in [-0.25, -0.2) is 23.0 Å². The molecular formula is C13H10F4N2. The van der Waals surface area contributed by atoms with Gasteiger partial charge >= 0.3 is 0 Å². The van der Waals surface area contributed by atoms with Gasteiger partial charge in [0.05, 0.1) is 6.04 Å². The number of nitrogens with two attached hydrogens (primary N) is 1. The lowest BCUT2D eigenvalue weighted by molar-refractivity contribution is 0.501. The summed E-state index contributed by atoms with van der Waals surface area (Å²) >= 11 is 0. The third-order valence-corrected chi connectivity index (χ3v) is 2.71. The van der Waals surface area contributed by atoms with Crippen molar-refractivity contribution >= 4 is 0 Å². The molecule has 0 saturated carbocycles. The van der Waals surface area contributed by atoms with Gasteiger partial charge in [0.2, 0.25) is 0 Å². The Morgan fingerprint density at radius 1 is 0.842 bits per heavy atom. The number of nitrogens with one attached hydrogen (secondary N) is 1. The molecule has 1 atom stereocenters. The largest absolute Gasteiger partial charge is 0.271 e. The van der Waals surface area contributed by atoms with E-state index in [4.69, 9.17) is 5.84 Å². The van der Waals surface area contributed by atoms with Gasteiger partial charge in [-0.2, -0.15) is 0 Å². The van der Waals surface area contributed by atoms with Crippen molar-refractivity contribution in [2.75, 3.05) is 0 Å². The highest BCUT2D eigenvalue weighted by atomic mass is 19.2.